The summed E-state index contributed by atoms with van der Waals surface area (Å²) in [6, 6.07) is -0.260. The van der Waals surface area contributed by atoms with Gasteiger partial charge in [-0.1, -0.05) is 37.1 Å². The van der Waals surface area contributed by atoms with Gasteiger partial charge >= 0.3 is 6.09 Å². The normalized spacial score (nSPS) is 27.6. The van der Waals surface area contributed by atoms with Crippen molar-refractivity contribution in [2.45, 2.75) is 64.1 Å². The number of nitrogens with zero attached hydrogens (tertiary/aromatic N) is 1. The van der Waals surface area contributed by atoms with Crippen LogP contribution in [0.3, 0.4) is 0 Å². The second kappa shape index (κ2) is 10.0. The van der Waals surface area contributed by atoms with Crippen molar-refractivity contribution in [3.63, 3.8) is 0 Å². The third kappa shape index (κ3) is 7.28. The molecule has 0 aromatic heterocycles. The summed E-state index contributed by atoms with van der Waals surface area (Å²) in [7, 11) is 1.78. The van der Waals surface area contributed by atoms with Gasteiger partial charge in [-0.05, 0) is 57.4 Å². The maximum Gasteiger partial charge on any atom is 0.407 e. The third-order valence-corrected chi connectivity index (χ3v) is 5.06. The Balaban J connectivity index is 2.13. The Morgan fingerprint density at radius 2 is 1.97 bits per heavy atom. The molecule has 0 unspecified atom stereocenters. The second-order valence-corrected chi connectivity index (χ2v) is 8.90. The molecule has 1 saturated carbocycles. The average molecular weight is 422 g/mol. The van der Waals surface area contributed by atoms with E-state index in [-0.39, 0.29) is 18.0 Å². The van der Waals surface area contributed by atoms with E-state index >= 15 is 0 Å². The highest BCUT2D eigenvalue weighted by Crippen LogP contribution is 2.24. The van der Waals surface area contributed by atoms with Gasteiger partial charge in [-0.15, -0.1) is 0 Å². The maximum atomic E-state index is 13.2. The highest BCUT2D eigenvalue weighted by Gasteiger charge is 2.33. The molecule has 1 aliphatic heterocycles. The van der Waals surface area contributed by atoms with Gasteiger partial charge in [-0.25, -0.2) is 4.79 Å². The summed E-state index contributed by atoms with van der Waals surface area (Å²) in [4.78, 5) is 27.2. The molecule has 2 atom stereocenters. The molecule has 0 radical (unpaired) electrons. The number of rotatable bonds is 3. The lowest BCUT2D eigenvalue weighted by Gasteiger charge is -2.38. The Kier molecular flexibility index (Phi) is 7.96. The molecule has 160 valence electrons. The molecule has 1 heterocycles. The number of carbonyl (C=O) groups is 2. The summed E-state index contributed by atoms with van der Waals surface area (Å²) in [5.74, 6) is -0.145. The highest BCUT2D eigenvalue weighted by molar-refractivity contribution is 6.31. The molecule has 6 nitrogen and oxygen atoms in total. The number of hydrogen-bond acceptors (Lipinski definition) is 4. The number of likely N-dealkylation sites (N-methyl/N-ethyl adjacent to an activating group) is 1. The molecule has 29 heavy (non-hydrogen) atoms. The molecule has 2 amide bonds. The van der Waals surface area contributed by atoms with Gasteiger partial charge in [0, 0.05) is 18.6 Å². The molecule has 0 saturated heterocycles. The van der Waals surface area contributed by atoms with Crippen molar-refractivity contribution in [2.24, 2.45) is 0 Å². The number of allylic oxidation sites excluding steroid dienone is 5. The molecule has 0 spiro atoms. The fraction of sp³-hybridized carbons (Fsp3) is 0.545. The van der Waals surface area contributed by atoms with Crippen molar-refractivity contribution in [1.82, 2.24) is 15.5 Å². The van der Waals surface area contributed by atoms with Gasteiger partial charge < -0.3 is 20.3 Å². The number of alkyl carbamates (subject to hydrolysis) is 1. The lowest BCUT2D eigenvalue weighted by atomic mass is 9.89. The van der Waals surface area contributed by atoms with Crippen LogP contribution in [0, 0.1) is 0 Å². The first kappa shape index (κ1) is 23.1. The zero-order valence-corrected chi connectivity index (χ0v) is 18.5. The molecule has 0 aromatic carbocycles. The van der Waals surface area contributed by atoms with E-state index in [1.54, 1.807) is 30.2 Å². The summed E-state index contributed by atoms with van der Waals surface area (Å²) in [5, 5.41) is 6.66. The van der Waals surface area contributed by atoms with Gasteiger partial charge in [0.15, 0.2) is 0 Å². The summed E-state index contributed by atoms with van der Waals surface area (Å²) >= 11 is 6.09. The number of hydrogen-bond donors (Lipinski definition) is 2. The minimum absolute atomic E-state index is 0.109. The van der Waals surface area contributed by atoms with Crippen LogP contribution in [0.4, 0.5) is 4.79 Å². The van der Waals surface area contributed by atoms with Crippen LogP contribution in [-0.2, 0) is 9.53 Å². The van der Waals surface area contributed by atoms with Crippen molar-refractivity contribution < 1.29 is 14.3 Å². The summed E-state index contributed by atoms with van der Waals surface area (Å²) in [5.41, 5.74) is 0.523. The molecular formula is C22H32ClN3O3. The van der Waals surface area contributed by atoms with E-state index in [9.17, 15) is 9.59 Å². The minimum atomic E-state index is -0.565. The number of amides is 2. The van der Waals surface area contributed by atoms with Crippen LogP contribution in [0.1, 0.15) is 46.5 Å². The standard InChI is InChI=1S/C22H32ClN3O3/c1-15-13-16(23)9-8-12-24-18(14-15)20(27)26(5)19-11-7-6-10-17(19)25-21(28)29-22(2,3)4/h8-9,13-14,17,19,24H,1,6-7,10-12H2,2-5H3,(H,25,28)/b9-8-,16-13+,18-14-/t17-,19+/m1/s1. The van der Waals surface area contributed by atoms with Crippen LogP contribution in [0.25, 0.3) is 0 Å². The molecule has 2 rings (SSSR count). The lowest BCUT2D eigenvalue weighted by Crippen LogP contribution is -2.55. The number of carbonyl (C=O) groups excluding carboxylic acids is 2. The zero-order chi connectivity index (χ0) is 21.6. The van der Waals surface area contributed by atoms with Gasteiger partial charge in [-0.2, -0.15) is 0 Å². The first-order chi connectivity index (χ1) is 13.6. The molecule has 1 aliphatic carbocycles. The van der Waals surface area contributed by atoms with Crippen molar-refractivity contribution in [3.05, 3.63) is 47.2 Å². The van der Waals surface area contributed by atoms with Crippen LogP contribution in [0.5, 0.6) is 0 Å². The first-order valence-electron chi connectivity index (χ1n) is 10.0. The van der Waals surface area contributed by atoms with E-state index in [0.717, 1.165) is 25.7 Å². The van der Waals surface area contributed by atoms with Gasteiger partial charge in [0.2, 0.25) is 0 Å². The fourth-order valence-electron chi connectivity index (χ4n) is 3.52. The molecule has 0 bridgehead atoms. The molecular weight excluding hydrogens is 390 g/mol. The van der Waals surface area contributed by atoms with Crippen molar-refractivity contribution >= 4 is 23.6 Å². The predicted molar refractivity (Wildman–Crippen MR) is 116 cm³/mol. The van der Waals surface area contributed by atoms with E-state index in [1.165, 1.54) is 0 Å². The number of nitrogens with one attached hydrogen (secondary N) is 2. The Morgan fingerprint density at radius 1 is 1.28 bits per heavy atom. The van der Waals surface area contributed by atoms with Crippen molar-refractivity contribution in [1.29, 1.82) is 0 Å². The Hall–Kier alpha value is -2.21. The van der Waals surface area contributed by atoms with Crippen LogP contribution in [0.15, 0.2) is 47.2 Å². The third-order valence-electron chi connectivity index (χ3n) is 4.82. The van der Waals surface area contributed by atoms with Crippen LogP contribution in [-0.4, -0.2) is 48.2 Å². The zero-order valence-electron chi connectivity index (χ0n) is 17.8. The molecule has 7 heteroatoms. The average Bonchev–Trinajstić information content (AvgIpc) is 2.69. The van der Waals surface area contributed by atoms with Gasteiger partial charge in [0.25, 0.3) is 5.91 Å². The fourth-order valence-corrected chi connectivity index (χ4v) is 3.75. The quantitative estimate of drug-likeness (QED) is 0.722. The van der Waals surface area contributed by atoms with Gasteiger partial charge in [0.1, 0.15) is 11.3 Å². The van der Waals surface area contributed by atoms with Gasteiger partial charge in [0.05, 0.1) is 12.1 Å². The van der Waals surface area contributed by atoms with Crippen LogP contribution < -0.4 is 10.6 Å². The predicted octanol–water partition coefficient (Wildman–Crippen LogP) is 4.00. The smallest absolute Gasteiger partial charge is 0.407 e. The van der Waals surface area contributed by atoms with E-state index in [0.29, 0.717) is 22.8 Å². The Morgan fingerprint density at radius 3 is 2.66 bits per heavy atom. The van der Waals surface area contributed by atoms with E-state index in [4.69, 9.17) is 16.3 Å². The first-order valence-corrected chi connectivity index (χ1v) is 10.4. The molecule has 1 fully saturated rings. The second-order valence-electron chi connectivity index (χ2n) is 8.47. The van der Waals surface area contributed by atoms with Crippen molar-refractivity contribution in [2.75, 3.05) is 13.6 Å². The molecule has 2 N–H and O–H groups in total. The highest BCUT2D eigenvalue weighted by atomic mass is 35.5. The summed E-state index contributed by atoms with van der Waals surface area (Å²) in [6.07, 6.45) is 10.2. The summed E-state index contributed by atoms with van der Waals surface area (Å²) in [6.45, 7) is 9.92. The van der Waals surface area contributed by atoms with E-state index in [2.05, 4.69) is 17.2 Å². The minimum Gasteiger partial charge on any atom is -0.444 e. The largest absolute Gasteiger partial charge is 0.444 e. The Labute approximate surface area is 178 Å². The van der Waals surface area contributed by atoms with Crippen molar-refractivity contribution in [3.8, 4) is 0 Å². The number of ether oxygens (including phenoxy) is 1. The molecule has 0 aromatic rings. The van der Waals surface area contributed by atoms with E-state index in [1.807, 2.05) is 26.8 Å². The lowest BCUT2D eigenvalue weighted by molar-refractivity contribution is -0.129. The van der Waals surface area contributed by atoms with Crippen LogP contribution >= 0.6 is 11.6 Å². The van der Waals surface area contributed by atoms with Crippen LogP contribution in [0.2, 0.25) is 0 Å². The summed E-state index contributed by atoms with van der Waals surface area (Å²) < 4.78 is 5.40. The topological polar surface area (TPSA) is 70.7 Å². The number of halogens is 1. The Bertz CT molecular complexity index is 734. The monoisotopic (exact) mass is 421 g/mol. The van der Waals surface area contributed by atoms with Gasteiger partial charge in [-0.3, -0.25) is 4.79 Å². The van der Waals surface area contributed by atoms with E-state index < -0.39 is 11.7 Å². The SMILES string of the molecule is C=C1/C=C(/C(=O)N(C)[C@H]2CCCC[C@H]2NC(=O)OC(C)(C)C)NC/C=C\C(Cl)=C/1. The maximum absolute atomic E-state index is 13.2. The molecule has 2 aliphatic rings.